The van der Waals surface area contributed by atoms with Crippen LogP contribution >= 0.6 is 0 Å². The van der Waals surface area contributed by atoms with Gasteiger partial charge in [-0.15, -0.1) is 0 Å². The predicted octanol–water partition coefficient (Wildman–Crippen LogP) is 18.0. The molecule has 314 valence electrons. The maximum Gasteiger partial charge on any atom is 0.136 e. The summed E-state index contributed by atoms with van der Waals surface area (Å²) in [6.07, 6.45) is 0. The molecule has 13 aromatic rings. The highest BCUT2D eigenvalue weighted by Crippen LogP contribution is 2.42. The van der Waals surface area contributed by atoms with E-state index < -0.39 is 0 Å². The molecule has 0 N–H and O–H groups in total. The highest BCUT2D eigenvalue weighted by Gasteiger charge is 2.18. The number of hydrogen-bond acceptors (Lipinski definition) is 2. The fourth-order valence-corrected chi connectivity index (χ4v) is 10.2. The van der Waals surface area contributed by atoms with Crippen molar-refractivity contribution in [2.75, 3.05) is 4.90 Å². The fourth-order valence-electron chi connectivity index (χ4n) is 10.2. The standard InChI is InChI=1S/C64H42N2O/c1-2-14-47-41-48(26-25-43(47)13-1)44-27-34-50(35-28-44)65(51-36-29-45(30-37-51)53-15-3-4-16-54(53)49-33-40-59-58-20-8-12-24-63(58)67-64(59)42-49)52-38-31-46(32-39-52)55-17-5-9-21-60(55)66-61-22-10-6-18-56(61)57-19-7-11-23-62(57)66/h1-42H. The number of anilines is 3. The van der Waals surface area contributed by atoms with Crippen LogP contribution in [0.5, 0.6) is 0 Å². The minimum atomic E-state index is 0.896. The molecule has 0 fully saturated rings. The van der Waals surface area contributed by atoms with Crippen LogP contribution in [0.25, 0.3) is 105 Å². The van der Waals surface area contributed by atoms with E-state index in [2.05, 4.69) is 252 Å². The van der Waals surface area contributed by atoms with E-state index in [9.17, 15) is 0 Å². The third-order valence-electron chi connectivity index (χ3n) is 13.4. The molecule has 0 radical (unpaired) electrons. The SMILES string of the molecule is c1ccc(-c2ccc3c(c2)oc2ccccc23)c(-c2ccc(N(c3ccc(-c4ccc5ccccc5c4)cc3)c3ccc(-c4ccccc4-n4c5ccccc5c5ccccc54)cc3)cc2)c1. The quantitative estimate of drug-likeness (QED) is 0.152. The Hall–Kier alpha value is -8.92. The first kappa shape index (κ1) is 38.5. The van der Waals surface area contributed by atoms with Gasteiger partial charge in [0.25, 0.3) is 0 Å². The molecule has 3 heteroatoms. The van der Waals surface area contributed by atoms with Gasteiger partial charge in [-0.2, -0.15) is 0 Å². The molecule has 0 spiro atoms. The number of fused-ring (bicyclic) bond motifs is 7. The maximum atomic E-state index is 6.32. The largest absolute Gasteiger partial charge is 0.456 e. The summed E-state index contributed by atoms with van der Waals surface area (Å²) < 4.78 is 8.73. The summed E-state index contributed by atoms with van der Waals surface area (Å²) in [7, 11) is 0. The van der Waals surface area contributed by atoms with E-state index in [-0.39, 0.29) is 0 Å². The first-order chi connectivity index (χ1) is 33.2. The molecule has 0 unspecified atom stereocenters. The minimum absolute atomic E-state index is 0.896. The lowest BCUT2D eigenvalue weighted by molar-refractivity contribution is 0.669. The Morgan fingerprint density at radius 2 is 0.746 bits per heavy atom. The third kappa shape index (κ3) is 6.67. The zero-order chi connectivity index (χ0) is 44.3. The Labute approximate surface area is 388 Å². The second kappa shape index (κ2) is 16.0. The number of aromatic nitrogens is 1. The van der Waals surface area contributed by atoms with Gasteiger partial charge in [0.15, 0.2) is 0 Å². The van der Waals surface area contributed by atoms with Gasteiger partial charge < -0.3 is 13.9 Å². The summed E-state index contributed by atoms with van der Waals surface area (Å²) in [6, 6.07) is 91.9. The lowest BCUT2D eigenvalue weighted by atomic mass is 9.94. The summed E-state index contributed by atoms with van der Waals surface area (Å²) in [4.78, 5) is 2.36. The average Bonchev–Trinajstić information content (AvgIpc) is 3.95. The number of rotatable bonds is 8. The fraction of sp³-hybridized carbons (Fsp3) is 0. The van der Waals surface area contributed by atoms with Crippen molar-refractivity contribution < 1.29 is 4.42 Å². The summed E-state index contributed by atoms with van der Waals surface area (Å²) >= 11 is 0. The summed E-state index contributed by atoms with van der Waals surface area (Å²) in [6.45, 7) is 0. The Bertz CT molecular complexity index is 3920. The zero-order valence-corrected chi connectivity index (χ0v) is 36.6. The van der Waals surface area contributed by atoms with Crippen molar-refractivity contribution in [3.8, 4) is 50.2 Å². The average molecular weight is 855 g/mol. The van der Waals surface area contributed by atoms with Crippen LogP contribution in [0.2, 0.25) is 0 Å². The van der Waals surface area contributed by atoms with E-state index in [1.54, 1.807) is 0 Å². The third-order valence-corrected chi connectivity index (χ3v) is 13.4. The highest BCUT2D eigenvalue weighted by atomic mass is 16.3. The molecule has 0 saturated heterocycles. The van der Waals surface area contributed by atoms with E-state index in [1.807, 2.05) is 12.1 Å². The molecule has 2 aromatic heterocycles. The van der Waals surface area contributed by atoms with E-state index in [0.717, 1.165) is 66.9 Å². The van der Waals surface area contributed by atoms with Crippen molar-refractivity contribution in [3.63, 3.8) is 0 Å². The van der Waals surface area contributed by atoms with Gasteiger partial charge in [-0.3, -0.25) is 0 Å². The molecular weight excluding hydrogens is 813 g/mol. The van der Waals surface area contributed by atoms with Gasteiger partial charge in [0, 0.05) is 44.2 Å². The smallest absolute Gasteiger partial charge is 0.136 e. The molecule has 11 aromatic carbocycles. The van der Waals surface area contributed by atoms with Crippen LogP contribution in [0.1, 0.15) is 0 Å². The van der Waals surface area contributed by atoms with Crippen LogP contribution in [0.4, 0.5) is 17.1 Å². The molecule has 0 atom stereocenters. The number of nitrogens with zero attached hydrogens (tertiary/aromatic N) is 2. The van der Waals surface area contributed by atoms with Crippen LogP contribution in [-0.4, -0.2) is 4.57 Å². The molecular formula is C64H42N2O. The highest BCUT2D eigenvalue weighted by molar-refractivity contribution is 6.10. The van der Waals surface area contributed by atoms with Crippen LogP contribution in [-0.2, 0) is 0 Å². The van der Waals surface area contributed by atoms with Crippen molar-refractivity contribution in [2.45, 2.75) is 0 Å². The van der Waals surface area contributed by atoms with E-state index in [4.69, 9.17) is 4.42 Å². The number of benzene rings is 11. The molecule has 3 nitrogen and oxygen atoms in total. The van der Waals surface area contributed by atoms with Gasteiger partial charge in [-0.05, 0) is 129 Å². The maximum absolute atomic E-state index is 6.32. The van der Waals surface area contributed by atoms with Gasteiger partial charge in [-0.1, -0.05) is 176 Å². The summed E-state index contributed by atoms with van der Waals surface area (Å²) in [5, 5.41) is 7.26. The molecule has 0 aliphatic rings. The van der Waals surface area contributed by atoms with Gasteiger partial charge >= 0.3 is 0 Å². The van der Waals surface area contributed by atoms with Gasteiger partial charge in [-0.25, -0.2) is 0 Å². The molecule has 13 rings (SSSR count). The van der Waals surface area contributed by atoms with Crippen molar-refractivity contribution in [3.05, 3.63) is 255 Å². The lowest BCUT2D eigenvalue weighted by Crippen LogP contribution is -2.10. The van der Waals surface area contributed by atoms with Crippen molar-refractivity contribution in [1.29, 1.82) is 0 Å². The predicted molar refractivity (Wildman–Crippen MR) is 282 cm³/mol. The first-order valence-electron chi connectivity index (χ1n) is 22.9. The van der Waals surface area contributed by atoms with Crippen LogP contribution in [0.3, 0.4) is 0 Å². The Balaban J connectivity index is 0.890. The van der Waals surface area contributed by atoms with Gasteiger partial charge in [0.2, 0.25) is 0 Å². The topological polar surface area (TPSA) is 21.3 Å². The van der Waals surface area contributed by atoms with Crippen molar-refractivity contribution in [2.24, 2.45) is 0 Å². The van der Waals surface area contributed by atoms with Crippen LogP contribution in [0, 0.1) is 0 Å². The molecule has 0 bridgehead atoms. The Kier molecular flexibility index (Phi) is 9.17. The second-order valence-corrected chi connectivity index (χ2v) is 17.3. The van der Waals surface area contributed by atoms with Gasteiger partial charge in [0.1, 0.15) is 11.2 Å². The number of furan rings is 1. The van der Waals surface area contributed by atoms with E-state index >= 15 is 0 Å². The Morgan fingerprint density at radius 3 is 1.42 bits per heavy atom. The lowest BCUT2D eigenvalue weighted by Gasteiger charge is -2.26. The van der Waals surface area contributed by atoms with Crippen LogP contribution in [0.15, 0.2) is 259 Å². The van der Waals surface area contributed by atoms with Crippen molar-refractivity contribution in [1.82, 2.24) is 4.57 Å². The minimum Gasteiger partial charge on any atom is -0.456 e. The molecule has 67 heavy (non-hydrogen) atoms. The summed E-state index contributed by atoms with van der Waals surface area (Å²) in [5.41, 5.74) is 17.9. The molecule has 0 aliphatic carbocycles. The number of para-hydroxylation sites is 4. The van der Waals surface area contributed by atoms with Crippen LogP contribution < -0.4 is 4.90 Å². The summed E-state index contributed by atoms with van der Waals surface area (Å²) in [5.74, 6) is 0. The second-order valence-electron chi connectivity index (χ2n) is 17.3. The van der Waals surface area contributed by atoms with E-state index in [0.29, 0.717) is 0 Å². The Morgan fingerprint density at radius 1 is 0.284 bits per heavy atom. The molecule has 0 saturated carbocycles. The molecule has 2 heterocycles. The van der Waals surface area contributed by atoms with E-state index in [1.165, 1.54) is 54.8 Å². The van der Waals surface area contributed by atoms with Gasteiger partial charge in [0.05, 0.1) is 16.7 Å². The normalized spacial score (nSPS) is 11.6. The number of hydrogen-bond donors (Lipinski definition) is 0. The molecule has 0 aliphatic heterocycles. The molecule has 0 amide bonds. The van der Waals surface area contributed by atoms with Crippen molar-refractivity contribution >= 4 is 71.6 Å². The zero-order valence-electron chi connectivity index (χ0n) is 36.6. The monoisotopic (exact) mass is 854 g/mol. The first-order valence-corrected chi connectivity index (χ1v) is 22.9.